The molecule has 24 heavy (non-hydrogen) atoms. The molecule has 1 aliphatic heterocycles. The molecule has 0 unspecified atom stereocenters. The van der Waals surface area contributed by atoms with E-state index in [1.807, 2.05) is 11.1 Å². The number of amides is 3. The molecule has 7 nitrogen and oxygen atoms in total. The third-order valence-corrected chi connectivity index (χ3v) is 4.73. The summed E-state index contributed by atoms with van der Waals surface area (Å²) >= 11 is 0. The van der Waals surface area contributed by atoms with Gasteiger partial charge in [-0.15, -0.1) is 0 Å². The monoisotopic (exact) mass is 333 g/mol. The molecule has 1 saturated carbocycles. The highest BCUT2D eigenvalue weighted by Gasteiger charge is 2.44. The lowest BCUT2D eigenvalue weighted by atomic mass is 10.2. The van der Waals surface area contributed by atoms with Gasteiger partial charge in [0.1, 0.15) is 5.82 Å². The van der Waals surface area contributed by atoms with E-state index in [-0.39, 0.29) is 18.0 Å². The van der Waals surface area contributed by atoms with E-state index in [0.717, 1.165) is 18.8 Å². The number of nitrogens with one attached hydrogen (secondary N) is 2. The van der Waals surface area contributed by atoms with Crippen LogP contribution in [-0.4, -0.2) is 45.0 Å². The number of nitrogens with zero attached hydrogens (tertiary/aromatic N) is 3. The van der Waals surface area contributed by atoms with Crippen molar-refractivity contribution < 1.29 is 9.59 Å². The van der Waals surface area contributed by atoms with Crippen LogP contribution in [0.1, 0.15) is 39.4 Å². The number of hydrogen-bond donors (Lipinski definition) is 2. The van der Waals surface area contributed by atoms with E-state index >= 15 is 0 Å². The van der Waals surface area contributed by atoms with E-state index in [1.165, 1.54) is 0 Å². The highest BCUT2D eigenvalue weighted by Crippen LogP contribution is 2.37. The van der Waals surface area contributed by atoms with Crippen LogP contribution in [-0.2, 0) is 17.9 Å². The Kier molecular flexibility index (Phi) is 4.78. The first-order valence-corrected chi connectivity index (χ1v) is 8.78. The molecule has 1 aromatic rings. The number of carbonyl (C=O) groups excluding carboxylic acids is 2. The molecule has 0 bridgehead atoms. The molecule has 2 heterocycles. The minimum atomic E-state index is -0.238. The van der Waals surface area contributed by atoms with E-state index in [4.69, 9.17) is 0 Å². The van der Waals surface area contributed by atoms with Gasteiger partial charge in [0, 0.05) is 37.9 Å². The van der Waals surface area contributed by atoms with Gasteiger partial charge in [-0.05, 0) is 18.3 Å². The Labute approximate surface area is 142 Å². The predicted octanol–water partition coefficient (Wildman–Crippen LogP) is 1.35. The maximum atomic E-state index is 12.1. The quantitative estimate of drug-likeness (QED) is 0.825. The molecule has 2 N–H and O–H groups in total. The van der Waals surface area contributed by atoms with Gasteiger partial charge in [-0.2, -0.15) is 0 Å². The molecule has 1 aliphatic carbocycles. The zero-order chi connectivity index (χ0) is 17.3. The Bertz CT molecular complexity index is 612. The standard InChI is InChI=1S/C17H27N5O2/c1-11(2)9-21-5-4-18-15(21)8-19-17(24)20-13-7-16(23)22(10-13)14-6-12(14)3/h4-5,11-14H,6-10H2,1-3H3,(H2,19,20,24)/t12-,13-,14+/m1/s1. The van der Waals surface area contributed by atoms with Gasteiger partial charge in [-0.25, -0.2) is 9.78 Å². The zero-order valence-electron chi connectivity index (χ0n) is 14.7. The fourth-order valence-electron chi connectivity index (χ4n) is 3.35. The molecular weight excluding hydrogens is 306 g/mol. The van der Waals surface area contributed by atoms with Crippen LogP contribution in [0.15, 0.2) is 12.4 Å². The van der Waals surface area contributed by atoms with E-state index < -0.39 is 0 Å². The Morgan fingerprint density at radius 3 is 2.88 bits per heavy atom. The molecule has 3 amide bonds. The molecule has 2 aliphatic rings. The first-order chi connectivity index (χ1) is 11.4. The first kappa shape index (κ1) is 16.8. The van der Waals surface area contributed by atoms with Crippen LogP contribution >= 0.6 is 0 Å². The summed E-state index contributed by atoms with van der Waals surface area (Å²) in [6.45, 7) is 8.34. The lowest BCUT2D eigenvalue weighted by molar-refractivity contribution is -0.128. The molecule has 0 radical (unpaired) electrons. The van der Waals surface area contributed by atoms with Crippen molar-refractivity contribution >= 4 is 11.9 Å². The number of hydrogen-bond acceptors (Lipinski definition) is 3. The van der Waals surface area contributed by atoms with Crippen molar-refractivity contribution in [1.29, 1.82) is 0 Å². The van der Waals surface area contributed by atoms with E-state index in [9.17, 15) is 9.59 Å². The molecule has 3 rings (SSSR count). The number of aromatic nitrogens is 2. The average molecular weight is 333 g/mol. The van der Waals surface area contributed by atoms with Crippen LogP contribution in [0, 0.1) is 11.8 Å². The molecule has 7 heteroatoms. The Morgan fingerprint density at radius 2 is 2.21 bits per heavy atom. The summed E-state index contributed by atoms with van der Waals surface area (Å²) < 4.78 is 2.06. The van der Waals surface area contributed by atoms with Gasteiger partial charge in [-0.3, -0.25) is 4.79 Å². The Balaban J connectivity index is 1.45. The van der Waals surface area contributed by atoms with Crippen molar-refractivity contribution in [1.82, 2.24) is 25.1 Å². The van der Waals surface area contributed by atoms with Gasteiger partial charge >= 0.3 is 6.03 Å². The second-order valence-corrected chi connectivity index (χ2v) is 7.44. The minimum Gasteiger partial charge on any atom is -0.337 e. The summed E-state index contributed by atoms with van der Waals surface area (Å²) in [6.07, 6.45) is 5.17. The first-order valence-electron chi connectivity index (χ1n) is 8.78. The van der Waals surface area contributed by atoms with E-state index in [1.54, 1.807) is 6.20 Å². The number of urea groups is 1. The third-order valence-electron chi connectivity index (χ3n) is 4.73. The summed E-state index contributed by atoms with van der Waals surface area (Å²) in [5.74, 6) is 2.12. The van der Waals surface area contributed by atoms with Gasteiger partial charge in [0.15, 0.2) is 0 Å². The fraction of sp³-hybridized carbons (Fsp3) is 0.706. The Hall–Kier alpha value is -2.05. The van der Waals surface area contributed by atoms with Crippen molar-refractivity contribution in [3.63, 3.8) is 0 Å². The fourth-order valence-corrected chi connectivity index (χ4v) is 3.35. The number of imidazole rings is 1. The van der Waals surface area contributed by atoms with Gasteiger partial charge in [0.25, 0.3) is 0 Å². The molecule has 1 aromatic heterocycles. The van der Waals surface area contributed by atoms with Crippen LogP contribution in [0.3, 0.4) is 0 Å². The van der Waals surface area contributed by atoms with E-state index in [0.29, 0.717) is 37.4 Å². The largest absolute Gasteiger partial charge is 0.337 e. The molecule has 0 spiro atoms. The van der Waals surface area contributed by atoms with Gasteiger partial charge < -0.3 is 20.1 Å². The van der Waals surface area contributed by atoms with E-state index in [2.05, 4.69) is 41.0 Å². The normalized spacial score (nSPS) is 26.1. The summed E-state index contributed by atoms with van der Waals surface area (Å²) in [5, 5.41) is 5.76. The Morgan fingerprint density at radius 1 is 1.46 bits per heavy atom. The van der Waals surface area contributed by atoms with Crippen LogP contribution in [0.25, 0.3) is 0 Å². The molecule has 3 atom stereocenters. The van der Waals surface area contributed by atoms with Gasteiger partial charge in [0.05, 0.1) is 12.6 Å². The second-order valence-electron chi connectivity index (χ2n) is 7.44. The van der Waals surface area contributed by atoms with Crippen molar-refractivity contribution in [3.8, 4) is 0 Å². The molecule has 1 saturated heterocycles. The average Bonchev–Trinajstić information content (AvgIpc) is 2.90. The lowest BCUT2D eigenvalue weighted by Gasteiger charge is -2.17. The summed E-state index contributed by atoms with van der Waals surface area (Å²) in [6, 6.07) is 0.0502. The van der Waals surface area contributed by atoms with Crippen molar-refractivity contribution in [2.75, 3.05) is 6.54 Å². The van der Waals surface area contributed by atoms with Crippen LogP contribution in [0.2, 0.25) is 0 Å². The SMILES string of the molecule is CC(C)Cn1ccnc1CNC(=O)N[C@@H]1CC(=O)N([C@H]2C[C@H]2C)C1. The predicted molar refractivity (Wildman–Crippen MR) is 90.1 cm³/mol. The maximum absolute atomic E-state index is 12.1. The van der Waals surface area contributed by atoms with Gasteiger partial charge in [0.2, 0.25) is 5.91 Å². The second kappa shape index (κ2) is 6.83. The number of rotatable bonds is 6. The topological polar surface area (TPSA) is 79.3 Å². The third kappa shape index (κ3) is 3.88. The lowest BCUT2D eigenvalue weighted by Crippen LogP contribution is -2.43. The van der Waals surface area contributed by atoms with Gasteiger partial charge in [-0.1, -0.05) is 20.8 Å². The maximum Gasteiger partial charge on any atom is 0.315 e. The van der Waals surface area contributed by atoms with Crippen molar-refractivity contribution in [2.24, 2.45) is 11.8 Å². The highest BCUT2D eigenvalue weighted by molar-refractivity contribution is 5.82. The number of carbonyl (C=O) groups is 2. The number of likely N-dealkylation sites (tertiary alicyclic amines) is 1. The van der Waals surface area contributed by atoms with Crippen molar-refractivity contribution in [3.05, 3.63) is 18.2 Å². The molecule has 2 fully saturated rings. The zero-order valence-corrected chi connectivity index (χ0v) is 14.7. The summed E-state index contributed by atoms with van der Waals surface area (Å²) in [4.78, 5) is 30.3. The summed E-state index contributed by atoms with van der Waals surface area (Å²) in [7, 11) is 0. The smallest absolute Gasteiger partial charge is 0.315 e. The highest BCUT2D eigenvalue weighted by atomic mass is 16.2. The van der Waals surface area contributed by atoms with Crippen molar-refractivity contribution in [2.45, 2.75) is 58.8 Å². The van der Waals surface area contributed by atoms with Crippen LogP contribution in [0.4, 0.5) is 4.79 Å². The van der Waals surface area contributed by atoms with Crippen LogP contribution < -0.4 is 10.6 Å². The molecule has 132 valence electrons. The molecular formula is C17H27N5O2. The summed E-state index contributed by atoms with van der Waals surface area (Å²) in [5.41, 5.74) is 0. The minimum absolute atomic E-state index is 0.0966. The van der Waals surface area contributed by atoms with Crippen LogP contribution in [0.5, 0.6) is 0 Å². The molecule has 0 aromatic carbocycles.